The van der Waals surface area contributed by atoms with Crippen LogP contribution in [0.1, 0.15) is 37.3 Å². The van der Waals surface area contributed by atoms with Crippen molar-refractivity contribution in [2.75, 3.05) is 54.1 Å². The van der Waals surface area contributed by atoms with E-state index in [1.165, 1.54) is 0 Å². The summed E-state index contributed by atoms with van der Waals surface area (Å²) in [6, 6.07) is 11.4. The fraction of sp³-hybridized carbons (Fsp3) is 0.467. The molecule has 2 heterocycles. The van der Waals surface area contributed by atoms with Crippen molar-refractivity contribution in [3.8, 4) is 23.0 Å². The maximum absolute atomic E-state index is 13.2. The summed E-state index contributed by atoms with van der Waals surface area (Å²) in [5, 5.41) is 0. The first-order valence-electron chi connectivity index (χ1n) is 13.2. The molecule has 38 heavy (non-hydrogen) atoms. The van der Waals surface area contributed by atoms with Crippen LogP contribution in [0.3, 0.4) is 0 Å². The fourth-order valence-electron chi connectivity index (χ4n) is 5.51. The minimum atomic E-state index is 0.0117. The standard InChI is InChI=1S/C30H38N2O6/c1-5-38-24-9-7-6-8-22(24)11-13-26(33)31-17-14-30(15-18-31)16-19-32(21-30)27(34)20-23-10-12-25(35-2)29(37-4)28(23)36-3/h6-13H,5,14-21H2,1-4H3/b13-11+. The average molecular weight is 523 g/mol. The second-order valence-corrected chi connectivity index (χ2v) is 9.86. The zero-order valence-electron chi connectivity index (χ0n) is 22.8. The molecule has 8 nitrogen and oxygen atoms in total. The van der Waals surface area contributed by atoms with Crippen molar-refractivity contribution in [3.05, 3.63) is 53.6 Å². The monoisotopic (exact) mass is 522 g/mol. The molecule has 2 fully saturated rings. The lowest BCUT2D eigenvalue weighted by Gasteiger charge is -2.39. The van der Waals surface area contributed by atoms with Crippen LogP contribution < -0.4 is 18.9 Å². The Labute approximate surface area is 225 Å². The van der Waals surface area contributed by atoms with Gasteiger partial charge in [0.25, 0.3) is 0 Å². The van der Waals surface area contributed by atoms with Gasteiger partial charge in [0.05, 0.1) is 34.4 Å². The molecule has 8 heteroatoms. The Hall–Kier alpha value is -3.68. The molecule has 0 saturated carbocycles. The van der Waals surface area contributed by atoms with E-state index in [-0.39, 0.29) is 23.7 Å². The third-order valence-electron chi connectivity index (χ3n) is 7.68. The minimum absolute atomic E-state index is 0.0117. The molecule has 0 N–H and O–H groups in total. The highest BCUT2D eigenvalue weighted by molar-refractivity contribution is 5.92. The Balaban J connectivity index is 1.33. The van der Waals surface area contributed by atoms with Crippen molar-refractivity contribution in [1.29, 1.82) is 0 Å². The third-order valence-corrected chi connectivity index (χ3v) is 7.68. The zero-order valence-corrected chi connectivity index (χ0v) is 22.8. The number of amides is 2. The summed E-state index contributed by atoms with van der Waals surface area (Å²) in [6.45, 7) is 5.37. The summed E-state index contributed by atoms with van der Waals surface area (Å²) in [4.78, 5) is 30.0. The van der Waals surface area contributed by atoms with Gasteiger partial charge in [0.2, 0.25) is 17.6 Å². The molecular weight excluding hydrogens is 484 g/mol. The first-order chi connectivity index (χ1) is 18.4. The summed E-state index contributed by atoms with van der Waals surface area (Å²) in [5.41, 5.74) is 1.74. The predicted octanol–water partition coefficient (Wildman–Crippen LogP) is 4.21. The van der Waals surface area contributed by atoms with Crippen molar-refractivity contribution >= 4 is 17.9 Å². The van der Waals surface area contributed by atoms with E-state index in [9.17, 15) is 9.59 Å². The Kier molecular flexibility index (Phi) is 8.81. The van der Waals surface area contributed by atoms with Gasteiger partial charge in [0.15, 0.2) is 11.5 Å². The largest absolute Gasteiger partial charge is 0.493 e. The molecular formula is C30H38N2O6. The molecule has 1 spiro atoms. The normalized spacial score (nSPS) is 16.6. The Morgan fingerprint density at radius 2 is 1.55 bits per heavy atom. The lowest BCUT2D eigenvalue weighted by molar-refractivity contribution is -0.131. The van der Waals surface area contributed by atoms with Crippen molar-refractivity contribution < 1.29 is 28.5 Å². The van der Waals surface area contributed by atoms with Crippen LogP contribution in [0, 0.1) is 5.41 Å². The summed E-state index contributed by atoms with van der Waals surface area (Å²) >= 11 is 0. The molecule has 0 unspecified atom stereocenters. The highest BCUT2D eigenvalue weighted by Crippen LogP contribution is 2.42. The minimum Gasteiger partial charge on any atom is -0.493 e. The maximum atomic E-state index is 13.2. The lowest BCUT2D eigenvalue weighted by Crippen LogP contribution is -2.44. The zero-order chi connectivity index (χ0) is 27.1. The van der Waals surface area contributed by atoms with Gasteiger partial charge >= 0.3 is 0 Å². The van der Waals surface area contributed by atoms with Crippen molar-refractivity contribution in [2.24, 2.45) is 5.41 Å². The van der Waals surface area contributed by atoms with Gasteiger partial charge < -0.3 is 28.7 Å². The number of piperidine rings is 1. The number of likely N-dealkylation sites (tertiary alicyclic amines) is 2. The molecule has 2 saturated heterocycles. The van der Waals surface area contributed by atoms with Gasteiger partial charge in [-0.15, -0.1) is 0 Å². The van der Waals surface area contributed by atoms with Gasteiger partial charge in [-0.2, -0.15) is 0 Å². The maximum Gasteiger partial charge on any atom is 0.246 e. The summed E-state index contributed by atoms with van der Waals surface area (Å²) in [7, 11) is 4.70. The number of para-hydroxylation sites is 1. The van der Waals surface area contributed by atoms with Crippen LogP contribution in [0.15, 0.2) is 42.5 Å². The van der Waals surface area contributed by atoms with E-state index in [1.54, 1.807) is 33.5 Å². The highest BCUT2D eigenvalue weighted by atomic mass is 16.5. The lowest BCUT2D eigenvalue weighted by atomic mass is 9.78. The molecule has 0 radical (unpaired) electrons. The van der Waals surface area contributed by atoms with Crippen molar-refractivity contribution in [1.82, 2.24) is 9.80 Å². The van der Waals surface area contributed by atoms with Crippen molar-refractivity contribution in [2.45, 2.75) is 32.6 Å². The summed E-state index contributed by atoms with van der Waals surface area (Å²) in [6.07, 6.45) is 6.45. The summed E-state index contributed by atoms with van der Waals surface area (Å²) in [5.74, 6) is 2.44. The van der Waals surface area contributed by atoms with Crippen molar-refractivity contribution in [3.63, 3.8) is 0 Å². The van der Waals surface area contributed by atoms with E-state index in [0.717, 1.165) is 49.2 Å². The van der Waals surface area contributed by atoms with Crippen LogP contribution in [0.2, 0.25) is 0 Å². The van der Waals surface area contributed by atoms with Gasteiger partial charge in [-0.25, -0.2) is 0 Å². The van der Waals surface area contributed by atoms with Crippen LogP contribution in [0.5, 0.6) is 23.0 Å². The van der Waals surface area contributed by atoms with Gasteiger partial charge in [-0.05, 0) is 49.8 Å². The van der Waals surface area contributed by atoms with E-state index < -0.39 is 0 Å². The molecule has 2 amide bonds. The van der Waals surface area contributed by atoms with E-state index in [4.69, 9.17) is 18.9 Å². The first kappa shape index (κ1) is 27.4. The first-order valence-corrected chi connectivity index (χ1v) is 13.2. The molecule has 0 aromatic heterocycles. The molecule has 2 aliphatic heterocycles. The molecule has 0 aliphatic carbocycles. The fourth-order valence-corrected chi connectivity index (χ4v) is 5.51. The molecule has 2 aromatic carbocycles. The highest BCUT2D eigenvalue weighted by Gasteiger charge is 2.42. The average Bonchev–Trinajstić information content (AvgIpc) is 3.36. The molecule has 0 atom stereocenters. The number of rotatable bonds is 9. The summed E-state index contributed by atoms with van der Waals surface area (Å²) < 4.78 is 22.0. The number of hydrogen-bond acceptors (Lipinski definition) is 6. The Morgan fingerprint density at radius 3 is 2.21 bits per heavy atom. The van der Waals surface area contributed by atoms with E-state index in [0.29, 0.717) is 36.9 Å². The van der Waals surface area contributed by atoms with Gasteiger partial charge in [-0.1, -0.05) is 24.3 Å². The molecule has 204 valence electrons. The second-order valence-electron chi connectivity index (χ2n) is 9.86. The topological polar surface area (TPSA) is 77.5 Å². The number of carbonyl (C=O) groups is 2. The smallest absolute Gasteiger partial charge is 0.246 e. The second kappa shape index (κ2) is 12.2. The SMILES string of the molecule is CCOc1ccccc1/C=C/C(=O)N1CCC2(CC1)CCN(C(=O)Cc1ccc(OC)c(OC)c1OC)C2. The van der Waals surface area contributed by atoms with E-state index >= 15 is 0 Å². The number of methoxy groups -OCH3 is 3. The number of hydrogen-bond donors (Lipinski definition) is 0. The third kappa shape index (κ3) is 5.90. The number of carbonyl (C=O) groups excluding carboxylic acids is 2. The van der Waals surface area contributed by atoms with Gasteiger partial charge in [0, 0.05) is 43.4 Å². The van der Waals surface area contributed by atoms with Crippen LogP contribution >= 0.6 is 0 Å². The molecule has 0 bridgehead atoms. The number of nitrogens with zero attached hydrogens (tertiary/aromatic N) is 2. The Bertz CT molecular complexity index is 1170. The molecule has 2 aliphatic rings. The molecule has 4 rings (SSSR count). The van der Waals surface area contributed by atoms with E-state index in [1.807, 2.05) is 53.1 Å². The predicted molar refractivity (Wildman–Crippen MR) is 146 cm³/mol. The quantitative estimate of drug-likeness (QED) is 0.459. The van der Waals surface area contributed by atoms with Gasteiger partial charge in [-0.3, -0.25) is 9.59 Å². The Morgan fingerprint density at radius 1 is 0.868 bits per heavy atom. The number of ether oxygens (including phenoxy) is 4. The van der Waals surface area contributed by atoms with E-state index in [2.05, 4.69) is 0 Å². The van der Waals surface area contributed by atoms with Crippen LogP contribution in [-0.4, -0.2) is 75.7 Å². The number of benzene rings is 2. The van der Waals surface area contributed by atoms with Crippen LogP contribution in [0.4, 0.5) is 0 Å². The molecule has 2 aromatic rings. The van der Waals surface area contributed by atoms with Crippen LogP contribution in [0.25, 0.3) is 6.08 Å². The van der Waals surface area contributed by atoms with Crippen LogP contribution in [-0.2, 0) is 16.0 Å². The van der Waals surface area contributed by atoms with Gasteiger partial charge in [0.1, 0.15) is 5.75 Å².